The van der Waals surface area contributed by atoms with Crippen molar-refractivity contribution in [2.45, 2.75) is 13.3 Å². The van der Waals surface area contributed by atoms with Crippen molar-refractivity contribution >= 4 is 5.78 Å². The molecule has 0 radical (unpaired) electrons. The molecule has 0 aliphatic rings. The topological polar surface area (TPSA) is 52.3 Å². The normalized spacial score (nSPS) is 10.1. The predicted molar refractivity (Wildman–Crippen MR) is 55.6 cm³/mol. The van der Waals surface area contributed by atoms with Crippen molar-refractivity contribution in [3.8, 4) is 5.75 Å². The number of hydrogen-bond acceptors (Lipinski definition) is 3. The second-order valence-electron chi connectivity index (χ2n) is 3.12. The lowest BCUT2D eigenvalue weighted by Crippen LogP contribution is -2.15. The van der Waals surface area contributed by atoms with Crippen LogP contribution in [0, 0.1) is 5.82 Å². The summed E-state index contributed by atoms with van der Waals surface area (Å²) in [5.41, 5.74) is 5.16. The highest BCUT2D eigenvalue weighted by atomic mass is 19.1. The zero-order valence-electron chi connectivity index (χ0n) is 8.63. The van der Waals surface area contributed by atoms with Gasteiger partial charge in [0.1, 0.15) is 11.6 Å². The first-order valence-electron chi connectivity index (χ1n) is 4.84. The molecule has 2 N–H and O–H groups in total. The van der Waals surface area contributed by atoms with Crippen LogP contribution in [0.25, 0.3) is 0 Å². The number of benzene rings is 1. The molecule has 15 heavy (non-hydrogen) atoms. The number of ether oxygens (including phenoxy) is 1. The van der Waals surface area contributed by atoms with Gasteiger partial charge in [-0.3, -0.25) is 4.79 Å². The van der Waals surface area contributed by atoms with Gasteiger partial charge in [0.15, 0.2) is 5.78 Å². The summed E-state index contributed by atoms with van der Waals surface area (Å²) in [6.45, 7) is 2.30. The van der Waals surface area contributed by atoms with Crippen molar-refractivity contribution < 1.29 is 13.9 Å². The van der Waals surface area contributed by atoms with E-state index in [9.17, 15) is 9.18 Å². The Morgan fingerprint density at radius 2 is 2.27 bits per heavy atom. The minimum Gasteiger partial charge on any atom is -0.494 e. The standard InChI is InChI=1S/C11H14FNO2/c1-2-5-15-8-3-4-9(10(12)6-8)11(14)7-13/h3-4,6H,2,5,7,13H2,1H3. The molecular formula is C11H14FNO2. The highest BCUT2D eigenvalue weighted by molar-refractivity contribution is 5.97. The molecule has 1 aromatic rings. The van der Waals surface area contributed by atoms with Crippen LogP contribution in [0.3, 0.4) is 0 Å². The van der Waals surface area contributed by atoms with E-state index in [0.29, 0.717) is 12.4 Å². The predicted octanol–water partition coefficient (Wildman–Crippen LogP) is 1.76. The molecule has 0 spiro atoms. The van der Waals surface area contributed by atoms with Gasteiger partial charge in [-0.05, 0) is 18.6 Å². The SMILES string of the molecule is CCCOc1ccc(C(=O)CN)c(F)c1. The van der Waals surface area contributed by atoms with Crippen LogP contribution in [-0.4, -0.2) is 18.9 Å². The van der Waals surface area contributed by atoms with Crippen LogP contribution in [-0.2, 0) is 0 Å². The van der Waals surface area contributed by atoms with E-state index < -0.39 is 11.6 Å². The van der Waals surface area contributed by atoms with Crippen molar-refractivity contribution in [1.29, 1.82) is 0 Å². The van der Waals surface area contributed by atoms with E-state index in [1.54, 1.807) is 6.07 Å². The largest absolute Gasteiger partial charge is 0.494 e. The molecule has 0 unspecified atom stereocenters. The van der Waals surface area contributed by atoms with E-state index in [4.69, 9.17) is 10.5 Å². The van der Waals surface area contributed by atoms with E-state index in [1.807, 2.05) is 6.92 Å². The van der Waals surface area contributed by atoms with Gasteiger partial charge in [-0.1, -0.05) is 6.92 Å². The summed E-state index contributed by atoms with van der Waals surface area (Å²) in [6, 6.07) is 4.18. The van der Waals surface area contributed by atoms with Gasteiger partial charge in [0.25, 0.3) is 0 Å². The van der Waals surface area contributed by atoms with Crippen LogP contribution < -0.4 is 10.5 Å². The summed E-state index contributed by atoms with van der Waals surface area (Å²) in [6.07, 6.45) is 0.852. The summed E-state index contributed by atoms with van der Waals surface area (Å²) < 4.78 is 18.6. The highest BCUT2D eigenvalue weighted by Gasteiger charge is 2.10. The molecule has 0 saturated heterocycles. The smallest absolute Gasteiger partial charge is 0.179 e. The Labute approximate surface area is 88.0 Å². The van der Waals surface area contributed by atoms with E-state index in [-0.39, 0.29) is 12.1 Å². The Balaban J connectivity index is 2.83. The highest BCUT2D eigenvalue weighted by Crippen LogP contribution is 2.17. The number of ketones is 1. The molecule has 0 aliphatic heterocycles. The Morgan fingerprint density at radius 3 is 2.80 bits per heavy atom. The fourth-order valence-electron chi connectivity index (χ4n) is 1.14. The number of nitrogens with two attached hydrogens (primary N) is 1. The number of halogens is 1. The molecule has 0 aromatic heterocycles. The number of hydrogen-bond donors (Lipinski definition) is 1. The van der Waals surface area contributed by atoms with Gasteiger partial charge >= 0.3 is 0 Å². The van der Waals surface area contributed by atoms with E-state index in [1.165, 1.54) is 12.1 Å². The van der Waals surface area contributed by atoms with Crippen LogP contribution in [0.5, 0.6) is 5.75 Å². The average molecular weight is 211 g/mol. The summed E-state index contributed by atoms with van der Waals surface area (Å²) in [7, 11) is 0. The third kappa shape index (κ3) is 3.02. The first kappa shape index (κ1) is 11.7. The summed E-state index contributed by atoms with van der Waals surface area (Å²) in [5.74, 6) is -0.559. The maximum atomic E-state index is 13.4. The van der Waals surface area contributed by atoms with Gasteiger partial charge in [-0.25, -0.2) is 4.39 Å². The Morgan fingerprint density at radius 1 is 1.53 bits per heavy atom. The molecule has 0 atom stereocenters. The van der Waals surface area contributed by atoms with Crippen molar-refractivity contribution in [1.82, 2.24) is 0 Å². The Hall–Kier alpha value is -1.42. The zero-order chi connectivity index (χ0) is 11.3. The lowest BCUT2D eigenvalue weighted by molar-refractivity contribution is 0.0997. The van der Waals surface area contributed by atoms with Gasteiger partial charge < -0.3 is 10.5 Å². The molecule has 0 aliphatic carbocycles. The lowest BCUT2D eigenvalue weighted by Gasteiger charge is -2.06. The molecule has 1 aromatic carbocycles. The van der Waals surface area contributed by atoms with E-state index in [2.05, 4.69) is 0 Å². The number of carbonyl (C=O) groups is 1. The molecule has 0 fully saturated rings. The summed E-state index contributed by atoms with van der Waals surface area (Å²) in [5, 5.41) is 0. The number of Topliss-reactive ketones (excluding diaryl/α,β-unsaturated/α-hetero) is 1. The maximum Gasteiger partial charge on any atom is 0.179 e. The van der Waals surface area contributed by atoms with Crippen molar-refractivity contribution in [3.05, 3.63) is 29.6 Å². The van der Waals surface area contributed by atoms with Crippen LogP contribution in [0.1, 0.15) is 23.7 Å². The quantitative estimate of drug-likeness (QED) is 0.755. The summed E-state index contributed by atoms with van der Waals surface area (Å²) in [4.78, 5) is 11.2. The van der Waals surface area contributed by atoms with Crippen molar-refractivity contribution in [2.75, 3.05) is 13.2 Å². The second kappa shape index (κ2) is 5.46. The van der Waals surface area contributed by atoms with Gasteiger partial charge in [-0.2, -0.15) is 0 Å². The van der Waals surface area contributed by atoms with Crippen LogP contribution in [0.2, 0.25) is 0 Å². The third-order valence-electron chi connectivity index (χ3n) is 1.90. The average Bonchev–Trinajstić information content (AvgIpc) is 2.25. The van der Waals surface area contributed by atoms with Gasteiger partial charge in [0, 0.05) is 6.07 Å². The van der Waals surface area contributed by atoms with Gasteiger partial charge in [-0.15, -0.1) is 0 Å². The first-order valence-corrected chi connectivity index (χ1v) is 4.84. The third-order valence-corrected chi connectivity index (χ3v) is 1.90. The lowest BCUT2D eigenvalue weighted by atomic mass is 10.1. The minimum atomic E-state index is -0.584. The fourth-order valence-corrected chi connectivity index (χ4v) is 1.14. The van der Waals surface area contributed by atoms with Crippen LogP contribution in [0.4, 0.5) is 4.39 Å². The minimum absolute atomic E-state index is 0.0151. The Bertz CT molecular complexity index is 352. The molecular weight excluding hydrogens is 197 g/mol. The van der Waals surface area contributed by atoms with Gasteiger partial charge in [0.2, 0.25) is 0 Å². The second-order valence-corrected chi connectivity index (χ2v) is 3.12. The zero-order valence-corrected chi connectivity index (χ0v) is 8.63. The van der Waals surface area contributed by atoms with Crippen LogP contribution >= 0.6 is 0 Å². The molecule has 0 saturated carbocycles. The summed E-state index contributed by atoms with van der Waals surface area (Å²) >= 11 is 0. The van der Waals surface area contributed by atoms with E-state index in [0.717, 1.165) is 6.42 Å². The first-order chi connectivity index (χ1) is 7.19. The number of rotatable bonds is 5. The van der Waals surface area contributed by atoms with Crippen LogP contribution in [0.15, 0.2) is 18.2 Å². The Kier molecular flexibility index (Phi) is 4.24. The number of carbonyl (C=O) groups excluding carboxylic acids is 1. The molecule has 0 bridgehead atoms. The maximum absolute atomic E-state index is 13.4. The monoisotopic (exact) mass is 211 g/mol. The van der Waals surface area contributed by atoms with E-state index >= 15 is 0 Å². The molecule has 82 valence electrons. The molecule has 4 heteroatoms. The van der Waals surface area contributed by atoms with Crippen molar-refractivity contribution in [3.63, 3.8) is 0 Å². The van der Waals surface area contributed by atoms with Crippen molar-refractivity contribution in [2.24, 2.45) is 5.73 Å². The molecule has 0 amide bonds. The van der Waals surface area contributed by atoms with Gasteiger partial charge in [0.05, 0.1) is 18.7 Å². The fraction of sp³-hybridized carbons (Fsp3) is 0.364. The molecule has 1 rings (SSSR count). The molecule has 0 heterocycles. The molecule has 3 nitrogen and oxygen atoms in total.